The van der Waals surface area contributed by atoms with Crippen LogP contribution in [0.15, 0.2) is 24.5 Å². The first-order chi connectivity index (χ1) is 8.63. The number of nitrogens with zero attached hydrogens (tertiary/aromatic N) is 3. The van der Waals surface area contributed by atoms with Crippen LogP contribution in [0.1, 0.15) is 10.4 Å². The minimum Gasteiger partial charge on any atom is -0.465 e. The molecule has 1 aromatic heterocycles. The number of rotatable bonds is 4. The summed E-state index contributed by atoms with van der Waals surface area (Å²) < 4.78 is 6.80. The van der Waals surface area contributed by atoms with Crippen molar-refractivity contribution in [1.82, 2.24) is 14.5 Å². The molecule has 0 aliphatic carbocycles. The lowest BCUT2D eigenvalue weighted by Crippen LogP contribution is -2.17. The predicted molar refractivity (Wildman–Crippen MR) is 69.6 cm³/mol. The van der Waals surface area contributed by atoms with E-state index in [1.807, 2.05) is 30.8 Å². The van der Waals surface area contributed by atoms with Gasteiger partial charge in [-0.25, -0.2) is 9.78 Å². The van der Waals surface area contributed by atoms with Crippen molar-refractivity contribution in [1.29, 1.82) is 0 Å². The van der Waals surface area contributed by atoms with Gasteiger partial charge in [-0.2, -0.15) is 0 Å². The quantitative estimate of drug-likeness (QED) is 0.766. The molecule has 0 saturated heterocycles. The second-order valence-corrected chi connectivity index (χ2v) is 4.41. The Hall–Kier alpha value is -1.88. The highest BCUT2D eigenvalue weighted by Crippen LogP contribution is 2.18. The molecule has 2 aromatic rings. The lowest BCUT2D eigenvalue weighted by atomic mass is 10.2. The summed E-state index contributed by atoms with van der Waals surface area (Å²) in [6.45, 7) is 1.77. The Morgan fingerprint density at radius 1 is 1.44 bits per heavy atom. The number of carbonyl (C=O) groups is 1. The van der Waals surface area contributed by atoms with E-state index in [9.17, 15) is 4.79 Å². The minimum absolute atomic E-state index is 0.349. The molecule has 0 saturated carbocycles. The van der Waals surface area contributed by atoms with E-state index in [-0.39, 0.29) is 5.97 Å². The summed E-state index contributed by atoms with van der Waals surface area (Å²) >= 11 is 0. The molecule has 0 aliphatic heterocycles. The molecule has 0 N–H and O–H groups in total. The Labute approximate surface area is 106 Å². The number of imidazole rings is 1. The van der Waals surface area contributed by atoms with Crippen molar-refractivity contribution in [3.8, 4) is 0 Å². The molecule has 18 heavy (non-hydrogen) atoms. The van der Waals surface area contributed by atoms with Crippen LogP contribution in [0.2, 0.25) is 0 Å². The van der Waals surface area contributed by atoms with Crippen LogP contribution in [-0.4, -0.2) is 48.2 Å². The van der Waals surface area contributed by atoms with Gasteiger partial charge in [-0.3, -0.25) is 0 Å². The molecule has 0 spiro atoms. The van der Waals surface area contributed by atoms with Gasteiger partial charge in [0.05, 0.1) is 24.5 Å². The molecule has 5 nitrogen and oxygen atoms in total. The predicted octanol–water partition coefficient (Wildman–Crippen LogP) is 1.38. The Morgan fingerprint density at radius 2 is 2.22 bits per heavy atom. The molecule has 1 heterocycles. The number of para-hydroxylation sites is 1. The number of ether oxygens (including phenoxy) is 1. The van der Waals surface area contributed by atoms with Gasteiger partial charge in [0.15, 0.2) is 0 Å². The van der Waals surface area contributed by atoms with Crippen LogP contribution in [0.4, 0.5) is 0 Å². The number of benzene rings is 1. The molecule has 0 bridgehead atoms. The Balaban J connectivity index is 2.39. The van der Waals surface area contributed by atoms with Crippen molar-refractivity contribution < 1.29 is 9.53 Å². The third-order valence-electron chi connectivity index (χ3n) is 2.84. The van der Waals surface area contributed by atoms with Gasteiger partial charge in [0.2, 0.25) is 0 Å². The SMILES string of the molecule is COC(=O)c1cccc2c1ncn2CCN(C)C. The summed E-state index contributed by atoms with van der Waals surface area (Å²) in [7, 11) is 5.43. The van der Waals surface area contributed by atoms with Crippen LogP contribution in [0, 0.1) is 0 Å². The molecule has 96 valence electrons. The molecule has 2 rings (SSSR count). The van der Waals surface area contributed by atoms with Crippen molar-refractivity contribution in [2.75, 3.05) is 27.7 Å². The van der Waals surface area contributed by atoms with Crippen molar-refractivity contribution in [3.63, 3.8) is 0 Å². The molecule has 0 aliphatic rings. The number of fused-ring (bicyclic) bond motifs is 1. The van der Waals surface area contributed by atoms with Gasteiger partial charge in [0.25, 0.3) is 0 Å². The fourth-order valence-corrected chi connectivity index (χ4v) is 1.85. The van der Waals surface area contributed by atoms with E-state index in [4.69, 9.17) is 4.74 Å². The van der Waals surface area contributed by atoms with Crippen LogP contribution in [0.25, 0.3) is 11.0 Å². The van der Waals surface area contributed by atoms with Crippen LogP contribution in [-0.2, 0) is 11.3 Å². The van der Waals surface area contributed by atoms with E-state index in [1.54, 1.807) is 12.4 Å². The molecule has 1 aromatic carbocycles. The van der Waals surface area contributed by atoms with Crippen molar-refractivity contribution >= 4 is 17.0 Å². The van der Waals surface area contributed by atoms with Crippen molar-refractivity contribution in [2.45, 2.75) is 6.54 Å². The smallest absolute Gasteiger partial charge is 0.340 e. The summed E-state index contributed by atoms with van der Waals surface area (Å²) in [6, 6.07) is 5.55. The number of esters is 1. The monoisotopic (exact) mass is 247 g/mol. The van der Waals surface area contributed by atoms with E-state index in [1.165, 1.54) is 7.11 Å². The number of hydrogen-bond donors (Lipinski definition) is 0. The van der Waals surface area contributed by atoms with Crippen LogP contribution >= 0.6 is 0 Å². The van der Waals surface area contributed by atoms with Crippen LogP contribution in [0.5, 0.6) is 0 Å². The van der Waals surface area contributed by atoms with E-state index < -0.39 is 0 Å². The largest absolute Gasteiger partial charge is 0.465 e. The number of likely N-dealkylation sites (N-methyl/N-ethyl adjacent to an activating group) is 1. The average molecular weight is 247 g/mol. The van der Waals surface area contributed by atoms with E-state index in [0.717, 1.165) is 18.6 Å². The normalized spacial score (nSPS) is 11.1. The van der Waals surface area contributed by atoms with E-state index in [2.05, 4.69) is 9.88 Å². The molecule has 0 atom stereocenters. The molecule has 0 amide bonds. The fourth-order valence-electron chi connectivity index (χ4n) is 1.85. The van der Waals surface area contributed by atoms with Crippen molar-refractivity contribution in [2.24, 2.45) is 0 Å². The summed E-state index contributed by atoms with van der Waals surface area (Å²) in [5.74, 6) is -0.349. The molecular weight excluding hydrogens is 230 g/mol. The first-order valence-electron chi connectivity index (χ1n) is 5.80. The van der Waals surface area contributed by atoms with E-state index in [0.29, 0.717) is 11.1 Å². The first-order valence-corrected chi connectivity index (χ1v) is 5.80. The number of methoxy groups -OCH3 is 1. The Bertz CT molecular complexity index is 560. The van der Waals surface area contributed by atoms with Gasteiger partial charge in [0, 0.05) is 13.1 Å². The zero-order valence-electron chi connectivity index (χ0n) is 10.9. The highest BCUT2D eigenvalue weighted by atomic mass is 16.5. The lowest BCUT2D eigenvalue weighted by molar-refractivity contribution is 0.0603. The standard InChI is InChI=1S/C13H17N3O2/c1-15(2)7-8-16-9-14-12-10(13(17)18-3)5-4-6-11(12)16/h4-6,9H,7-8H2,1-3H3. The lowest BCUT2D eigenvalue weighted by Gasteiger charge is -2.10. The highest BCUT2D eigenvalue weighted by molar-refractivity contribution is 6.01. The summed E-state index contributed by atoms with van der Waals surface area (Å²) in [5.41, 5.74) is 2.17. The maximum Gasteiger partial charge on any atom is 0.340 e. The van der Waals surface area contributed by atoms with Gasteiger partial charge in [-0.05, 0) is 26.2 Å². The third-order valence-corrected chi connectivity index (χ3v) is 2.84. The zero-order chi connectivity index (χ0) is 13.1. The fraction of sp³-hybridized carbons (Fsp3) is 0.385. The minimum atomic E-state index is -0.349. The van der Waals surface area contributed by atoms with Gasteiger partial charge in [0.1, 0.15) is 5.52 Å². The number of aromatic nitrogens is 2. The Morgan fingerprint density at radius 3 is 2.89 bits per heavy atom. The number of hydrogen-bond acceptors (Lipinski definition) is 4. The third kappa shape index (κ3) is 2.36. The van der Waals surface area contributed by atoms with Gasteiger partial charge in [-0.1, -0.05) is 6.07 Å². The summed E-state index contributed by atoms with van der Waals surface area (Å²) in [6.07, 6.45) is 1.76. The first kappa shape index (κ1) is 12.6. The van der Waals surface area contributed by atoms with Crippen molar-refractivity contribution in [3.05, 3.63) is 30.1 Å². The van der Waals surface area contributed by atoms with Gasteiger partial charge in [-0.15, -0.1) is 0 Å². The second kappa shape index (κ2) is 5.18. The molecular formula is C13H17N3O2. The average Bonchev–Trinajstić information content (AvgIpc) is 2.78. The second-order valence-electron chi connectivity index (χ2n) is 4.41. The summed E-state index contributed by atoms with van der Waals surface area (Å²) in [4.78, 5) is 18.0. The summed E-state index contributed by atoms with van der Waals surface area (Å²) in [5, 5.41) is 0. The maximum atomic E-state index is 11.6. The maximum absolute atomic E-state index is 11.6. The van der Waals surface area contributed by atoms with Crippen LogP contribution in [0.3, 0.4) is 0 Å². The molecule has 0 radical (unpaired) electrons. The van der Waals surface area contributed by atoms with Gasteiger partial charge < -0.3 is 14.2 Å². The zero-order valence-corrected chi connectivity index (χ0v) is 10.9. The van der Waals surface area contributed by atoms with E-state index >= 15 is 0 Å². The van der Waals surface area contributed by atoms with Crippen LogP contribution < -0.4 is 0 Å². The number of carbonyl (C=O) groups excluding carboxylic acids is 1. The molecule has 0 fully saturated rings. The topological polar surface area (TPSA) is 47.4 Å². The Kier molecular flexibility index (Phi) is 3.62. The van der Waals surface area contributed by atoms with Gasteiger partial charge >= 0.3 is 5.97 Å². The highest BCUT2D eigenvalue weighted by Gasteiger charge is 2.13. The molecule has 0 unspecified atom stereocenters. The molecule has 5 heteroatoms.